The van der Waals surface area contributed by atoms with E-state index in [2.05, 4.69) is 15.3 Å². The number of hydroxylamine groups is 1. The van der Waals surface area contributed by atoms with Crippen LogP contribution in [-0.2, 0) is 0 Å². The number of ether oxygens (including phenoxy) is 1. The fourth-order valence-corrected chi connectivity index (χ4v) is 2.41. The Bertz CT molecular complexity index is 892. The topological polar surface area (TPSA) is 99.3 Å². The lowest BCUT2D eigenvalue weighted by Crippen LogP contribution is -2.28. The predicted molar refractivity (Wildman–Crippen MR) is 97.0 cm³/mol. The van der Waals surface area contributed by atoms with Gasteiger partial charge in [0.15, 0.2) is 0 Å². The molecule has 0 unspecified atom stereocenters. The third kappa shape index (κ3) is 4.11. The summed E-state index contributed by atoms with van der Waals surface area (Å²) < 4.78 is 5.56. The largest absolute Gasteiger partial charge is 0.492 e. The van der Waals surface area contributed by atoms with Crippen molar-refractivity contribution in [2.24, 2.45) is 0 Å². The highest BCUT2D eigenvalue weighted by atomic mass is 32.1. The Hall–Kier alpha value is -2.97. The Morgan fingerprint density at radius 2 is 1.96 bits per heavy atom. The van der Waals surface area contributed by atoms with Gasteiger partial charge in [-0.2, -0.15) is 0 Å². The summed E-state index contributed by atoms with van der Waals surface area (Å²) in [5.41, 5.74) is 4.80. The van der Waals surface area contributed by atoms with E-state index in [1.165, 1.54) is 0 Å². The number of nitrogens with zero attached hydrogens (tertiary/aromatic N) is 1. The molecule has 0 bridgehead atoms. The SMILES string of the molecule is O=C(NCCOc1ccc(C(=S)NO)cc1)c1ccc2[nH]cnc2c1. The highest BCUT2D eigenvalue weighted by molar-refractivity contribution is 7.80. The number of benzene rings is 2. The summed E-state index contributed by atoms with van der Waals surface area (Å²) >= 11 is 4.91. The second kappa shape index (κ2) is 7.73. The van der Waals surface area contributed by atoms with E-state index < -0.39 is 0 Å². The first-order valence-electron chi connectivity index (χ1n) is 7.56. The molecule has 2 aromatic carbocycles. The lowest BCUT2D eigenvalue weighted by molar-refractivity contribution is 0.0947. The van der Waals surface area contributed by atoms with E-state index in [4.69, 9.17) is 22.2 Å². The first-order valence-corrected chi connectivity index (χ1v) is 7.97. The zero-order chi connectivity index (χ0) is 17.6. The minimum absolute atomic E-state index is 0.178. The average molecular weight is 356 g/mol. The van der Waals surface area contributed by atoms with Crippen LogP contribution in [0.25, 0.3) is 11.0 Å². The maximum absolute atomic E-state index is 12.1. The third-order valence-corrected chi connectivity index (χ3v) is 3.88. The number of rotatable bonds is 6. The Kier molecular flexibility index (Phi) is 5.22. The van der Waals surface area contributed by atoms with Gasteiger partial charge >= 0.3 is 0 Å². The summed E-state index contributed by atoms with van der Waals surface area (Å²) in [7, 11) is 0. The van der Waals surface area contributed by atoms with Crippen LogP contribution in [0.1, 0.15) is 15.9 Å². The van der Waals surface area contributed by atoms with E-state index in [1.807, 2.05) is 11.5 Å². The van der Waals surface area contributed by atoms with Crippen molar-refractivity contribution in [3.8, 4) is 5.75 Å². The van der Waals surface area contributed by atoms with Crippen molar-refractivity contribution in [2.75, 3.05) is 13.2 Å². The van der Waals surface area contributed by atoms with Gasteiger partial charge < -0.3 is 15.0 Å². The Balaban J connectivity index is 1.47. The Morgan fingerprint density at radius 1 is 1.20 bits per heavy atom. The maximum atomic E-state index is 12.1. The molecule has 8 heteroatoms. The van der Waals surface area contributed by atoms with Crippen molar-refractivity contribution < 1.29 is 14.7 Å². The van der Waals surface area contributed by atoms with E-state index in [0.29, 0.717) is 30.0 Å². The fourth-order valence-electron chi connectivity index (χ4n) is 2.28. The third-order valence-electron chi connectivity index (χ3n) is 3.56. The Morgan fingerprint density at radius 3 is 2.72 bits per heavy atom. The molecule has 0 saturated carbocycles. The minimum atomic E-state index is -0.178. The highest BCUT2D eigenvalue weighted by Crippen LogP contribution is 2.13. The van der Waals surface area contributed by atoms with Crippen molar-refractivity contribution in [3.63, 3.8) is 0 Å². The number of hydrogen-bond acceptors (Lipinski definition) is 5. The molecule has 3 aromatic rings. The molecule has 0 spiro atoms. The van der Waals surface area contributed by atoms with Crippen LogP contribution in [-0.4, -0.2) is 39.2 Å². The van der Waals surface area contributed by atoms with Crippen LogP contribution >= 0.6 is 12.2 Å². The second-order valence-electron chi connectivity index (χ2n) is 5.20. The van der Waals surface area contributed by atoms with Crippen LogP contribution < -0.4 is 15.5 Å². The molecule has 0 radical (unpaired) electrons. The number of carbonyl (C=O) groups is 1. The molecule has 1 aromatic heterocycles. The molecule has 0 aliphatic heterocycles. The molecular weight excluding hydrogens is 340 g/mol. The first-order chi connectivity index (χ1) is 12.2. The van der Waals surface area contributed by atoms with Crippen LogP contribution in [0.4, 0.5) is 0 Å². The van der Waals surface area contributed by atoms with Crippen molar-refractivity contribution in [1.29, 1.82) is 0 Å². The fraction of sp³-hybridized carbons (Fsp3) is 0.118. The highest BCUT2D eigenvalue weighted by Gasteiger charge is 2.07. The van der Waals surface area contributed by atoms with E-state index in [-0.39, 0.29) is 10.9 Å². The zero-order valence-corrected chi connectivity index (χ0v) is 14.0. The number of carbonyl (C=O) groups excluding carboxylic acids is 1. The van der Waals surface area contributed by atoms with E-state index in [9.17, 15) is 4.79 Å². The minimum Gasteiger partial charge on any atom is -0.492 e. The lowest BCUT2D eigenvalue weighted by Gasteiger charge is -2.09. The molecule has 0 atom stereocenters. The summed E-state index contributed by atoms with van der Waals surface area (Å²) in [6, 6.07) is 12.3. The molecule has 3 rings (SSSR count). The summed E-state index contributed by atoms with van der Waals surface area (Å²) in [6.45, 7) is 0.703. The molecule has 0 saturated heterocycles. The van der Waals surface area contributed by atoms with Gasteiger partial charge in [-0.1, -0.05) is 12.2 Å². The van der Waals surface area contributed by atoms with Crippen molar-refractivity contribution >= 4 is 34.1 Å². The van der Waals surface area contributed by atoms with E-state index in [0.717, 1.165) is 11.0 Å². The number of amides is 1. The van der Waals surface area contributed by atoms with Gasteiger partial charge in [-0.25, -0.2) is 4.98 Å². The van der Waals surface area contributed by atoms with Gasteiger partial charge in [0, 0.05) is 11.1 Å². The van der Waals surface area contributed by atoms with Gasteiger partial charge in [-0.05, 0) is 42.5 Å². The van der Waals surface area contributed by atoms with Crippen molar-refractivity contribution in [1.82, 2.24) is 20.8 Å². The molecule has 128 valence electrons. The molecule has 7 nitrogen and oxygen atoms in total. The number of H-pyrrole nitrogens is 1. The monoisotopic (exact) mass is 356 g/mol. The summed E-state index contributed by atoms with van der Waals surface area (Å²) in [5, 5.41) is 11.6. The first kappa shape index (κ1) is 16.9. The molecular formula is C17H16N4O3S. The maximum Gasteiger partial charge on any atom is 0.251 e. The standard InChI is InChI=1S/C17H16N4O3S/c22-16(12-3-6-14-15(9-12)20-10-19-14)18-7-8-24-13-4-1-11(2-5-13)17(25)21-23/h1-6,9-10,23H,7-8H2,(H,18,22)(H,19,20)(H,21,25). The van der Waals surface area contributed by atoms with Crippen LogP contribution in [0.5, 0.6) is 5.75 Å². The number of hydrogen-bond donors (Lipinski definition) is 4. The van der Waals surface area contributed by atoms with Crippen LogP contribution in [0.3, 0.4) is 0 Å². The number of imidazole rings is 1. The summed E-state index contributed by atoms with van der Waals surface area (Å²) in [4.78, 5) is 19.5. The van der Waals surface area contributed by atoms with Gasteiger partial charge in [0.05, 0.1) is 23.9 Å². The van der Waals surface area contributed by atoms with Crippen molar-refractivity contribution in [3.05, 3.63) is 59.9 Å². The second-order valence-corrected chi connectivity index (χ2v) is 5.61. The zero-order valence-electron chi connectivity index (χ0n) is 13.2. The normalized spacial score (nSPS) is 10.4. The molecule has 0 aliphatic carbocycles. The van der Waals surface area contributed by atoms with Gasteiger partial charge in [0.2, 0.25) is 0 Å². The number of aromatic amines is 1. The number of thiocarbonyl (C=S) groups is 1. The van der Waals surface area contributed by atoms with Gasteiger partial charge in [-0.15, -0.1) is 0 Å². The number of nitrogens with one attached hydrogen (secondary N) is 3. The van der Waals surface area contributed by atoms with Gasteiger partial charge in [-0.3, -0.25) is 15.5 Å². The molecule has 0 aliphatic rings. The quantitative estimate of drug-likeness (QED) is 0.306. The van der Waals surface area contributed by atoms with Crippen LogP contribution in [0.15, 0.2) is 48.8 Å². The molecule has 25 heavy (non-hydrogen) atoms. The van der Waals surface area contributed by atoms with E-state index >= 15 is 0 Å². The average Bonchev–Trinajstić information content (AvgIpc) is 3.12. The number of fused-ring (bicyclic) bond motifs is 1. The van der Waals surface area contributed by atoms with Crippen LogP contribution in [0, 0.1) is 0 Å². The van der Waals surface area contributed by atoms with Crippen LogP contribution in [0.2, 0.25) is 0 Å². The molecule has 1 amide bonds. The summed E-state index contributed by atoms with van der Waals surface area (Å²) in [6.07, 6.45) is 1.59. The lowest BCUT2D eigenvalue weighted by atomic mass is 10.2. The predicted octanol–water partition coefficient (Wildman–Crippen LogP) is 2.03. The molecule has 1 heterocycles. The summed E-state index contributed by atoms with van der Waals surface area (Å²) in [5.74, 6) is 0.472. The Labute approximate surface area is 149 Å². The molecule has 0 fully saturated rings. The molecule has 4 N–H and O–H groups in total. The van der Waals surface area contributed by atoms with E-state index in [1.54, 1.807) is 42.7 Å². The van der Waals surface area contributed by atoms with Gasteiger partial charge in [0.25, 0.3) is 5.91 Å². The van der Waals surface area contributed by atoms with Crippen molar-refractivity contribution in [2.45, 2.75) is 0 Å². The van der Waals surface area contributed by atoms with Gasteiger partial charge in [0.1, 0.15) is 17.3 Å². The smallest absolute Gasteiger partial charge is 0.251 e. The number of aromatic nitrogens is 2.